The average Bonchev–Trinajstić information content (AvgIpc) is 3.13. The summed E-state index contributed by atoms with van der Waals surface area (Å²) in [7, 11) is 0. The number of anilines is 1. The molecule has 128 valence electrons. The Kier molecular flexibility index (Phi) is 3.51. The summed E-state index contributed by atoms with van der Waals surface area (Å²) < 4.78 is 11.0. The molecule has 1 aliphatic carbocycles. The number of nitrogens with one attached hydrogen (secondary N) is 1. The maximum absolute atomic E-state index is 12.5. The monoisotopic (exact) mass is 332 g/mol. The number of ether oxygens (including phenoxy) is 2. The fourth-order valence-corrected chi connectivity index (χ4v) is 4.12. The van der Waals surface area contributed by atoms with Crippen molar-refractivity contribution in [1.82, 2.24) is 4.90 Å². The van der Waals surface area contributed by atoms with Crippen LogP contribution in [0.3, 0.4) is 0 Å². The number of amides is 2. The number of benzene rings is 1. The van der Waals surface area contributed by atoms with E-state index in [9.17, 15) is 14.7 Å². The molecule has 1 aromatic rings. The second-order valence-electron chi connectivity index (χ2n) is 6.72. The number of fused-ring (bicyclic) bond motifs is 2. The third kappa shape index (κ3) is 2.35. The first-order valence-electron chi connectivity index (χ1n) is 8.27. The molecule has 2 heterocycles. The van der Waals surface area contributed by atoms with Gasteiger partial charge in [0.15, 0.2) is 11.5 Å². The largest absolute Gasteiger partial charge is 0.486 e. The molecule has 3 aliphatic rings. The summed E-state index contributed by atoms with van der Waals surface area (Å²) in [6.07, 6.45) is 2.45. The second-order valence-corrected chi connectivity index (χ2v) is 6.72. The molecule has 1 saturated heterocycles. The fourth-order valence-electron chi connectivity index (χ4n) is 4.12. The number of hydrogen-bond acceptors (Lipinski definition) is 4. The van der Waals surface area contributed by atoms with Gasteiger partial charge in [-0.3, -0.25) is 4.79 Å². The molecule has 0 aromatic heterocycles. The van der Waals surface area contributed by atoms with Gasteiger partial charge < -0.3 is 24.8 Å². The van der Waals surface area contributed by atoms with Crippen LogP contribution in [0.2, 0.25) is 0 Å². The van der Waals surface area contributed by atoms with Crippen molar-refractivity contribution >= 4 is 17.7 Å². The highest BCUT2D eigenvalue weighted by Gasteiger charge is 2.55. The van der Waals surface area contributed by atoms with Crippen molar-refractivity contribution in [3.8, 4) is 11.5 Å². The number of likely N-dealkylation sites (tertiary alicyclic amines) is 1. The zero-order valence-electron chi connectivity index (χ0n) is 13.3. The lowest BCUT2D eigenvalue weighted by atomic mass is 9.81. The topological polar surface area (TPSA) is 88.1 Å². The first-order chi connectivity index (χ1) is 11.6. The molecule has 2 fully saturated rings. The summed E-state index contributed by atoms with van der Waals surface area (Å²) in [5.74, 6) is 0.555. The molecule has 2 atom stereocenters. The summed E-state index contributed by atoms with van der Waals surface area (Å²) in [5, 5.41) is 12.4. The predicted octanol–water partition coefficient (Wildman–Crippen LogP) is 2.18. The minimum atomic E-state index is -0.778. The van der Waals surface area contributed by atoms with Gasteiger partial charge in [0.25, 0.3) is 0 Å². The van der Waals surface area contributed by atoms with Crippen molar-refractivity contribution in [3.63, 3.8) is 0 Å². The number of nitrogens with zero attached hydrogens (tertiary/aromatic N) is 1. The standard InChI is InChI=1S/C17H20N2O5/c20-15(21)17-5-1-2-11(17)9-19(10-17)16(22)18-12-3-4-13-14(8-12)24-7-6-23-13/h3-4,8,11H,1-2,5-7,9-10H2,(H,18,22)(H,20,21)/t11-,17+/m0/s1. The van der Waals surface area contributed by atoms with Gasteiger partial charge in [-0.15, -0.1) is 0 Å². The predicted molar refractivity (Wildman–Crippen MR) is 85.4 cm³/mol. The quantitative estimate of drug-likeness (QED) is 0.866. The molecule has 0 radical (unpaired) electrons. The van der Waals surface area contributed by atoms with Crippen LogP contribution in [0.1, 0.15) is 19.3 Å². The van der Waals surface area contributed by atoms with Crippen molar-refractivity contribution in [2.75, 3.05) is 31.6 Å². The Bertz CT molecular complexity index is 692. The number of carboxylic acids is 1. The zero-order valence-corrected chi connectivity index (χ0v) is 13.3. The number of hydrogen-bond donors (Lipinski definition) is 2. The Balaban J connectivity index is 1.47. The van der Waals surface area contributed by atoms with Crippen LogP contribution in [0, 0.1) is 11.3 Å². The van der Waals surface area contributed by atoms with Gasteiger partial charge in [0.2, 0.25) is 0 Å². The molecule has 1 aromatic carbocycles. The van der Waals surface area contributed by atoms with Gasteiger partial charge in [-0.05, 0) is 30.9 Å². The van der Waals surface area contributed by atoms with E-state index in [-0.39, 0.29) is 18.5 Å². The van der Waals surface area contributed by atoms with Gasteiger partial charge >= 0.3 is 12.0 Å². The maximum atomic E-state index is 12.5. The summed E-state index contributed by atoms with van der Waals surface area (Å²) >= 11 is 0. The minimum Gasteiger partial charge on any atom is -0.486 e. The lowest BCUT2D eigenvalue weighted by Gasteiger charge is -2.23. The van der Waals surface area contributed by atoms with E-state index < -0.39 is 11.4 Å². The number of rotatable bonds is 2. The van der Waals surface area contributed by atoms with E-state index in [1.165, 1.54) is 0 Å². The Morgan fingerprint density at radius 1 is 1.25 bits per heavy atom. The molecular weight excluding hydrogens is 312 g/mol. The average molecular weight is 332 g/mol. The van der Waals surface area contributed by atoms with Crippen LogP contribution < -0.4 is 14.8 Å². The van der Waals surface area contributed by atoms with Crippen LogP contribution in [-0.2, 0) is 4.79 Å². The lowest BCUT2D eigenvalue weighted by molar-refractivity contribution is -0.149. The summed E-state index contributed by atoms with van der Waals surface area (Å²) in [5.41, 5.74) is -0.143. The first kappa shape index (κ1) is 15.1. The number of aliphatic carboxylic acids is 1. The third-order valence-corrected chi connectivity index (χ3v) is 5.38. The molecule has 0 spiro atoms. The van der Waals surface area contributed by atoms with Crippen LogP contribution in [0.15, 0.2) is 18.2 Å². The normalized spacial score (nSPS) is 27.7. The van der Waals surface area contributed by atoms with Gasteiger partial charge in [-0.2, -0.15) is 0 Å². The van der Waals surface area contributed by atoms with Gasteiger partial charge in [-0.25, -0.2) is 4.79 Å². The van der Waals surface area contributed by atoms with Crippen molar-refractivity contribution in [2.24, 2.45) is 11.3 Å². The smallest absolute Gasteiger partial charge is 0.321 e. The fraction of sp³-hybridized carbons (Fsp3) is 0.529. The molecule has 2 N–H and O–H groups in total. The summed E-state index contributed by atoms with van der Waals surface area (Å²) in [6, 6.07) is 4.99. The molecule has 4 rings (SSSR count). The summed E-state index contributed by atoms with van der Waals surface area (Å²) in [4.78, 5) is 25.9. The SMILES string of the molecule is O=C(Nc1ccc2c(c1)OCCO2)N1C[C@@H]2CCC[C@@]2(C(=O)O)C1. The van der Waals surface area contributed by atoms with E-state index in [0.29, 0.717) is 43.4 Å². The van der Waals surface area contributed by atoms with Gasteiger partial charge in [0, 0.05) is 24.8 Å². The van der Waals surface area contributed by atoms with E-state index in [1.54, 1.807) is 23.1 Å². The van der Waals surface area contributed by atoms with Crippen molar-refractivity contribution < 1.29 is 24.2 Å². The lowest BCUT2D eigenvalue weighted by Crippen LogP contribution is -2.38. The first-order valence-corrected chi connectivity index (χ1v) is 8.27. The molecule has 0 bridgehead atoms. The number of carboxylic acid groups (broad SMARTS) is 1. The van der Waals surface area contributed by atoms with Crippen molar-refractivity contribution in [2.45, 2.75) is 19.3 Å². The van der Waals surface area contributed by atoms with Crippen LogP contribution >= 0.6 is 0 Å². The molecule has 1 saturated carbocycles. The third-order valence-electron chi connectivity index (χ3n) is 5.38. The second kappa shape index (κ2) is 5.58. The van der Waals surface area contributed by atoms with Crippen LogP contribution in [-0.4, -0.2) is 48.3 Å². The summed E-state index contributed by atoms with van der Waals surface area (Å²) in [6.45, 7) is 1.79. The molecule has 7 nitrogen and oxygen atoms in total. The van der Waals surface area contributed by atoms with Crippen LogP contribution in [0.4, 0.5) is 10.5 Å². The number of carbonyl (C=O) groups excluding carboxylic acids is 1. The number of carbonyl (C=O) groups is 2. The molecule has 2 amide bonds. The highest BCUT2D eigenvalue weighted by molar-refractivity contribution is 5.91. The van der Waals surface area contributed by atoms with Gasteiger partial charge in [-0.1, -0.05) is 6.42 Å². The zero-order chi connectivity index (χ0) is 16.7. The van der Waals surface area contributed by atoms with Crippen molar-refractivity contribution in [3.05, 3.63) is 18.2 Å². The molecule has 2 aliphatic heterocycles. The minimum absolute atomic E-state index is 0.0565. The van der Waals surface area contributed by atoms with E-state index in [2.05, 4.69) is 5.32 Å². The molecule has 24 heavy (non-hydrogen) atoms. The highest BCUT2D eigenvalue weighted by atomic mass is 16.6. The van der Waals surface area contributed by atoms with Crippen molar-refractivity contribution in [1.29, 1.82) is 0 Å². The Hall–Kier alpha value is -2.44. The van der Waals surface area contributed by atoms with E-state index in [0.717, 1.165) is 12.8 Å². The molecule has 0 unspecified atom stereocenters. The van der Waals surface area contributed by atoms with Gasteiger partial charge in [0.1, 0.15) is 13.2 Å². The Morgan fingerprint density at radius 2 is 2.04 bits per heavy atom. The molecular formula is C17H20N2O5. The van der Waals surface area contributed by atoms with E-state index >= 15 is 0 Å². The molecule has 7 heteroatoms. The Morgan fingerprint density at radius 3 is 2.79 bits per heavy atom. The Labute approximate surface area is 139 Å². The van der Waals surface area contributed by atoms with Crippen LogP contribution in [0.25, 0.3) is 0 Å². The highest BCUT2D eigenvalue weighted by Crippen LogP contribution is 2.49. The van der Waals surface area contributed by atoms with Crippen LogP contribution in [0.5, 0.6) is 11.5 Å². The van der Waals surface area contributed by atoms with E-state index in [4.69, 9.17) is 9.47 Å². The number of urea groups is 1. The maximum Gasteiger partial charge on any atom is 0.321 e. The van der Waals surface area contributed by atoms with Gasteiger partial charge in [0.05, 0.1) is 5.41 Å². The van der Waals surface area contributed by atoms with E-state index in [1.807, 2.05) is 0 Å².